The van der Waals surface area contributed by atoms with Crippen molar-refractivity contribution in [3.8, 4) is 0 Å². The summed E-state index contributed by atoms with van der Waals surface area (Å²) in [6, 6.07) is 24.6. The summed E-state index contributed by atoms with van der Waals surface area (Å²) >= 11 is 0. The molecule has 4 rings (SSSR count). The number of nitrogens with one attached hydrogen (secondary N) is 2. The lowest BCUT2D eigenvalue weighted by Crippen LogP contribution is -2.43. The lowest BCUT2D eigenvalue weighted by Gasteiger charge is -2.37. The molecule has 212 valence electrons. The molecule has 0 radical (unpaired) electrons. The van der Waals surface area contributed by atoms with Crippen molar-refractivity contribution < 1.29 is 18.0 Å². The van der Waals surface area contributed by atoms with Crippen molar-refractivity contribution in [3.05, 3.63) is 90.0 Å². The van der Waals surface area contributed by atoms with Crippen LogP contribution >= 0.6 is 0 Å². The van der Waals surface area contributed by atoms with E-state index in [1.807, 2.05) is 30.3 Å². The van der Waals surface area contributed by atoms with Gasteiger partial charge in [0.15, 0.2) is 0 Å². The van der Waals surface area contributed by atoms with E-state index in [-0.39, 0.29) is 43.4 Å². The van der Waals surface area contributed by atoms with Crippen molar-refractivity contribution >= 4 is 39.6 Å². The highest BCUT2D eigenvalue weighted by molar-refractivity contribution is 7.69. The Morgan fingerprint density at radius 2 is 1.62 bits per heavy atom. The fourth-order valence-corrected chi connectivity index (χ4v) is 5.83. The maximum absolute atomic E-state index is 12.4. The van der Waals surface area contributed by atoms with E-state index in [2.05, 4.69) is 64.9 Å². The molecule has 0 aliphatic carbocycles. The molecule has 1 aliphatic rings. The van der Waals surface area contributed by atoms with E-state index in [0.29, 0.717) is 6.54 Å². The van der Waals surface area contributed by atoms with Crippen molar-refractivity contribution in [1.82, 2.24) is 19.8 Å². The molecule has 2 N–H and O–H groups in total. The number of hydrogen-bond donors (Lipinski definition) is 3. The van der Waals surface area contributed by atoms with Crippen LogP contribution in [0.2, 0.25) is 0 Å². The van der Waals surface area contributed by atoms with E-state index in [1.165, 1.54) is 26.7 Å². The fraction of sp³-hybridized carbons (Fsp3) is 0.355. The zero-order chi connectivity index (χ0) is 28.3. The zero-order valence-electron chi connectivity index (χ0n) is 22.9. The molecule has 1 aliphatic heterocycles. The highest BCUT2D eigenvalue weighted by Crippen LogP contribution is 2.31. The van der Waals surface area contributed by atoms with Crippen LogP contribution in [0.5, 0.6) is 0 Å². The van der Waals surface area contributed by atoms with Gasteiger partial charge in [-0.1, -0.05) is 72.8 Å². The van der Waals surface area contributed by atoms with Crippen LogP contribution in [0.1, 0.15) is 36.9 Å². The van der Waals surface area contributed by atoms with Crippen molar-refractivity contribution in [2.24, 2.45) is 5.92 Å². The molecule has 8 nitrogen and oxygen atoms in total. The Balaban J connectivity index is 1.18. The maximum atomic E-state index is 12.4. The third kappa shape index (κ3) is 8.48. The first-order valence-electron chi connectivity index (χ1n) is 13.8. The number of amides is 2. The first kappa shape index (κ1) is 29.5. The number of fused-ring (bicyclic) bond motifs is 1. The van der Waals surface area contributed by atoms with Crippen LogP contribution in [0.3, 0.4) is 0 Å². The van der Waals surface area contributed by atoms with E-state index in [4.69, 9.17) is 0 Å². The third-order valence-electron chi connectivity index (χ3n) is 7.47. The largest absolute Gasteiger partial charge is 0.353 e. The molecule has 1 atom stereocenters. The normalized spacial score (nSPS) is 15.6. The van der Waals surface area contributed by atoms with Crippen LogP contribution in [-0.2, 0) is 20.5 Å². The second-order valence-electron chi connectivity index (χ2n) is 10.2. The fourth-order valence-electron chi connectivity index (χ4n) is 5.23. The van der Waals surface area contributed by atoms with Gasteiger partial charge in [-0.05, 0) is 66.7 Å². The molecule has 0 bridgehead atoms. The quantitative estimate of drug-likeness (QED) is 0.179. The van der Waals surface area contributed by atoms with Crippen LogP contribution in [0.4, 0.5) is 0 Å². The lowest BCUT2D eigenvalue weighted by molar-refractivity contribution is -0.121. The molecule has 1 saturated heterocycles. The summed E-state index contributed by atoms with van der Waals surface area (Å²) in [6.07, 6.45) is 4.90. The highest BCUT2D eigenvalue weighted by atomic mass is 32.2. The van der Waals surface area contributed by atoms with E-state index in [1.54, 1.807) is 6.08 Å². The molecule has 9 heteroatoms. The van der Waals surface area contributed by atoms with Gasteiger partial charge in [-0.2, -0.15) is 4.31 Å². The highest BCUT2D eigenvalue weighted by Gasteiger charge is 2.27. The Labute approximate surface area is 238 Å². The Kier molecular flexibility index (Phi) is 10.9. The van der Waals surface area contributed by atoms with Gasteiger partial charge in [0.1, 0.15) is 0 Å². The maximum Gasteiger partial charge on any atom is 0.244 e. The van der Waals surface area contributed by atoms with E-state index in [9.17, 15) is 18.0 Å². The Morgan fingerprint density at radius 3 is 2.38 bits per heavy atom. The molecule has 1 fully saturated rings. The van der Waals surface area contributed by atoms with Gasteiger partial charge in [-0.25, -0.2) is 8.42 Å². The van der Waals surface area contributed by atoms with Crippen LogP contribution in [0.25, 0.3) is 16.8 Å². The lowest BCUT2D eigenvalue weighted by atomic mass is 9.93. The molecular weight excluding hydrogens is 524 g/mol. The first-order chi connectivity index (χ1) is 19.4. The van der Waals surface area contributed by atoms with E-state index >= 15 is 0 Å². The molecule has 0 spiro atoms. The number of nitrogens with zero attached hydrogens (tertiary/aromatic N) is 2. The summed E-state index contributed by atoms with van der Waals surface area (Å²) in [5.41, 5.74) is 2.23. The van der Waals surface area contributed by atoms with Gasteiger partial charge in [0.2, 0.25) is 22.7 Å². The number of thiol groups is 1. The minimum absolute atomic E-state index is 0.201. The first-order valence-corrected chi connectivity index (χ1v) is 14.9. The van der Waals surface area contributed by atoms with Crippen molar-refractivity contribution in [2.75, 3.05) is 39.3 Å². The minimum Gasteiger partial charge on any atom is -0.353 e. The predicted octanol–water partition coefficient (Wildman–Crippen LogP) is 3.39. The molecule has 0 aromatic heterocycles. The monoisotopic (exact) mass is 562 g/mol. The van der Waals surface area contributed by atoms with Crippen LogP contribution < -0.4 is 10.6 Å². The van der Waals surface area contributed by atoms with Crippen molar-refractivity contribution in [2.45, 2.75) is 25.8 Å². The van der Waals surface area contributed by atoms with Gasteiger partial charge in [0, 0.05) is 31.8 Å². The van der Waals surface area contributed by atoms with Gasteiger partial charge in [0.05, 0.1) is 6.54 Å². The average molecular weight is 563 g/mol. The summed E-state index contributed by atoms with van der Waals surface area (Å²) in [5, 5.41) is 7.90. The van der Waals surface area contributed by atoms with Gasteiger partial charge >= 0.3 is 0 Å². The van der Waals surface area contributed by atoms with Crippen molar-refractivity contribution in [1.29, 1.82) is 0 Å². The summed E-state index contributed by atoms with van der Waals surface area (Å²) in [4.78, 5) is 26.8. The number of likely N-dealkylation sites (tertiary alicyclic amines) is 1. The predicted molar refractivity (Wildman–Crippen MR) is 160 cm³/mol. The van der Waals surface area contributed by atoms with E-state index < -0.39 is 10.9 Å². The van der Waals surface area contributed by atoms with E-state index in [0.717, 1.165) is 31.5 Å². The molecule has 40 heavy (non-hydrogen) atoms. The molecule has 3 aromatic rings. The Morgan fingerprint density at radius 1 is 0.950 bits per heavy atom. The second kappa shape index (κ2) is 14.7. The molecule has 1 heterocycles. The third-order valence-corrected chi connectivity index (χ3v) is 8.24. The number of hydrogen-bond acceptors (Lipinski definition) is 5. The van der Waals surface area contributed by atoms with Gasteiger partial charge in [-0.15, -0.1) is 0 Å². The van der Waals surface area contributed by atoms with Crippen LogP contribution in [-0.4, -0.2) is 68.7 Å². The second-order valence-corrected chi connectivity index (χ2v) is 11.2. The number of carbonyl (C=O) groups excluding carboxylic acids is 2. The molecular formula is C31H38N4O4S. The smallest absolute Gasteiger partial charge is 0.244 e. The Bertz CT molecular complexity index is 1370. The molecule has 1 unspecified atom stereocenters. The minimum atomic E-state index is -2.88. The summed E-state index contributed by atoms with van der Waals surface area (Å²) in [6.45, 7) is 4.58. The number of carbonyl (C=O) groups is 2. The SMILES string of the molecule is CC(c1cccc2ccccc12)N1CCC(CN(CC(=O)NCCNC(=O)C=Cc2ccccc2)[SH](=O)=O)CC1. The molecule has 0 saturated carbocycles. The number of benzene rings is 3. The number of piperidine rings is 1. The summed E-state index contributed by atoms with van der Waals surface area (Å²) < 4.78 is 25.1. The topological polar surface area (TPSA) is 98.8 Å². The standard InChI is InChI=1S/C31H38N4O4S/c1-24(28-13-7-11-27-10-5-6-12-29(27)28)34-20-16-26(17-21-34)22-35(40(38)39)23-31(37)33-19-18-32-30(36)15-14-25-8-3-2-4-9-25/h2-15,24,26,40H,16-23H2,1H3,(H,32,36)(H,33,37). The number of rotatable bonds is 12. The van der Waals surface area contributed by atoms with Crippen LogP contribution in [0.15, 0.2) is 78.9 Å². The van der Waals surface area contributed by atoms with Crippen molar-refractivity contribution in [3.63, 3.8) is 0 Å². The molecule has 2 amide bonds. The summed E-state index contributed by atoms with van der Waals surface area (Å²) in [7, 11) is -2.88. The molecule has 3 aromatic carbocycles. The van der Waals surface area contributed by atoms with Crippen LogP contribution in [0, 0.1) is 5.92 Å². The summed E-state index contributed by atoms with van der Waals surface area (Å²) in [5.74, 6) is -0.439. The zero-order valence-corrected chi connectivity index (χ0v) is 23.8. The Hall–Kier alpha value is -3.53. The van der Waals surface area contributed by atoms with Gasteiger partial charge in [0.25, 0.3) is 0 Å². The van der Waals surface area contributed by atoms with Gasteiger partial charge in [-0.3, -0.25) is 14.5 Å². The average Bonchev–Trinajstić information content (AvgIpc) is 2.98. The van der Waals surface area contributed by atoms with Gasteiger partial charge < -0.3 is 10.6 Å².